The van der Waals surface area contributed by atoms with Crippen LogP contribution in [0.25, 0.3) is 21.9 Å². The monoisotopic (exact) mass is 419 g/mol. The Morgan fingerprint density at radius 2 is 1.73 bits per heavy atom. The molecule has 0 N–H and O–H groups in total. The molecule has 0 aromatic heterocycles. The van der Waals surface area contributed by atoms with Crippen molar-refractivity contribution in [1.82, 2.24) is 0 Å². The van der Waals surface area contributed by atoms with Gasteiger partial charge in [0, 0.05) is 26.2 Å². The van der Waals surface area contributed by atoms with Crippen LogP contribution in [0.5, 0.6) is 0 Å². The van der Waals surface area contributed by atoms with Gasteiger partial charge < -0.3 is 0 Å². The molecule has 1 fully saturated rings. The number of aryl methyl sites for hydroxylation is 1. The molecule has 0 nitrogen and oxygen atoms in total. The van der Waals surface area contributed by atoms with E-state index < -0.39 is 0 Å². The molecule has 1 saturated carbocycles. The molecule has 0 amide bonds. The molecule has 1 aliphatic rings. The summed E-state index contributed by atoms with van der Waals surface area (Å²) >= 11 is 0. The van der Waals surface area contributed by atoms with Gasteiger partial charge >= 0.3 is 0 Å². The predicted molar refractivity (Wildman–Crippen MR) is 109 cm³/mol. The Morgan fingerprint density at radius 1 is 0.962 bits per heavy atom. The normalized spacial score (nSPS) is 15.1. The van der Waals surface area contributed by atoms with Crippen molar-refractivity contribution in [2.24, 2.45) is 0 Å². The van der Waals surface area contributed by atoms with E-state index in [2.05, 4.69) is 61.5 Å². The average molecular weight is 421 g/mol. The molecule has 0 radical (unpaired) electrons. The summed E-state index contributed by atoms with van der Waals surface area (Å²) < 4.78 is 0. The van der Waals surface area contributed by atoms with Crippen molar-refractivity contribution in [3.8, 4) is 11.1 Å². The summed E-state index contributed by atoms with van der Waals surface area (Å²) in [6, 6.07) is 21.0. The molecule has 3 aromatic carbocycles. The van der Waals surface area contributed by atoms with Gasteiger partial charge in [-0.25, -0.2) is 0 Å². The fourth-order valence-electron chi connectivity index (χ4n) is 4.44. The van der Waals surface area contributed by atoms with Gasteiger partial charge in [-0.1, -0.05) is 74.9 Å². The summed E-state index contributed by atoms with van der Waals surface area (Å²) in [5, 5.41) is 2.80. The van der Waals surface area contributed by atoms with Crippen molar-refractivity contribution in [1.29, 1.82) is 0 Å². The molecule has 0 bridgehead atoms. The van der Waals surface area contributed by atoms with Crippen LogP contribution in [-0.4, -0.2) is 0 Å². The van der Waals surface area contributed by atoms with Gasteiger partial charge in [-0.05, 0) is 36.3 Å². The molecule has 0 aliphatic heterocycles. The molecule has 0 heterocycles. The van der Waals surface area contributed by atoms with Crippen molar-refractivity contribution < 1.29 is 26.2 Å². The molecule has 1 aliphatic carbocycles. The maximum atomic E-state index is 2.41. The van der Waals surface area contributed by atoms with Crippen molar-refractivity contribution in [2.45, 2.75) is 64.2 Å². The second-order valence-corrected chi connectivity index (χ2v) is 7.73. The van der Waals surface area contributed by atoms with E-state index in [1.165, 1.54) is 78.8 Å². The average Bonchev–Trinajstić information content (AvgIpc) is 3.10. The molecular weight excluding hydrogens is 391 g/mol. The summed E-state index contributed by atoms with van der Waals surface area (Å²) in [5.74, 6) is 0.790. The zero-order valence-electron chi connectivity index (χ0n) is 15.9. The second kappa shape index (κ2) is 9.23. The Balaban J connectivity index is 0.00000196. The molecule has 0 spiro atoms. The minimum absolute atomic E-state index is 0. The molecular formula is C25H29Zr-. The van der Waals surface area contributed by atoms with Gasteiger partial charge in [0.1, 0.15) is 0 Å². The van der Waals surface area contributed by atoms with E-state index in [1.807, 2.05) is 0 Å². The minimum Gasteiger partial charge on any atom is -0.164 e. The SMILES string of the molecule is CCCCc1cc2c(-c3ccc(C4CCCCC4)cc3)cccc2[cH-]1.[Zr]. The van der Waals surface area contributed by atoms with E-state index in [-0.39, 0.29) is 26.2 Å². The Kier molecular flexibility index (Phi) is 6.99. The van der Waals surface area contributed by atoms with E-state index in [0.29, 0.717) is 0 Å². The first-order chi connectivity index (χ1) is 12.3. The maximum Gasteiger partial charge on any atom is 0 e. The first-order valence-electron chi connectivity index (χ1n) is 10.1. The molecule has 26 heavy (non-hydrogen) atoms. The van der Waals surface area contributed by atoms with Crippen LogP contribution in [0.4, 0.5) is 0 Å². The third-order valence-electron chi connectivity index (χ3n) is 5.93. The summed E-state index contributed by atoms with van der Waals surface area (Å²) in [5.41, 5.74) is 5.78. The van der Waals surface area contributed by atoms with Gasteiger partial charge in [0.2, 0.25) is 0 Å². The first kappa shape index (κ1) is 19.7. The van der Waals surface area contributed by atoms with E-state index in [9.17, 15) is 0 Å². The maximum absolute atomic E-state index is 2.41. The molecule has 3 aromatic rings. The van der Waals surface area contributed by atoms with Crippen LogP contribution < -0.4 is 0 Å². The Bertz CT molecular complexity index is 819. The van der Waals surface area contributed by atoms with Crippen LogP contribution >= 0.6 is 0 Å². The number of benzene rings is 2. The molecule has 4 rings (SSSR count). The number of fused-ring (bicyclic) bond motifs is 1. The van der Waals surface area contributed by atoms with E-state index in [0.717, 1.165) is 5.92 Å². The zero-order valence-corrected chi connectivity index (χ0v) is 18.4. The Labute approximate surface area is 177 Å². The fraction of sp³-hybridized carbons (Fsp3) is 0.400. The first-order valence-corrected chi connectivity index (χ1v) is 10.1. The smallest absolute Gasteiger partial charge is 0 e. The van der Waals surface area contributed by atoms with E-state index in [4.69, 9.17) is 0 Å². The third-order valence-corrected chi connectivity index (χ3v) is 5.93. The van der Waals surface area contributed by atoms with Crippen LogP contribution in [0.1, 0.15) is 68.9 Å². The Morgan fingerprint density at radius 3 is 2.46 bits per heavy atom. The van der Waals surface area contributed by atoms with Crippen molar-refractivity contribution >= 4 is 10.8 Å². The van der Waals surface area contributed by atoms with Crippen LogP contribution in [0.3, 0.4) is 0 Å². The largest absolute Gasteiger partial charge is 0.164 e. The number of unbranched alkanes of at least 4 members (excludes halogenated alkanes) is 1. The number of hydrogen-bond donors (Lipinski definition) is 0. The predicted octanol–water partition coefficient (Wildman–Crippen LogP) is 7.61. The van der Waals surface area contributed by atoms with E-state index >= 15 is 0 Å². The van der Waals surface area contributed by atoms with Crippen molar-refractivity contribution in [2.75, 3.05) is 0 Å². The van der Waals surface area contributed by atoms with Crippen LogP contribution in [0, 0.1) is 0 Å². The summed E-state index contributed by atoms with van der Waals surface area (Å²) in [7, 11) is 0. The minimum atomic E-state index is 0. The standard InChI is InChI=1S/C25H29.Zr/c1-2-3-8-19-17-23-11-7-12-24(25(23)18-19)22-15-13-21(14-16-22)20-9-5-4-6-10-20;/h7,11-18,20H,2-6,8-10H2,1H3;/q-1;. The van der Waals surface area contributed by atoms with Crippen LogP contribution in [-0.2, 0) is 32.6 Å². The molecule has 0 saturated heterocycles. The molecule has 134 valence electrons. The van der Waals surface area contributed by atoms with Gasteiger partial charge in [-0.2, -0.15) is 6.07 Å². The zero-order chi connectivity index (χ0) is 17.1. The summed E-state index contributed by atoms with van der Waals surface area (Å²) in [6.45, 7) is 2.27. The van der Waals surface area contributed by atoms with Gasteiger partial charge in [-0.3, -0.25) is 0 Å². The van der Waals surface area contributed by atoms with Crippen molar-refractivity contribution in [3.63, 3.8) is 0 Å². The van der Waals surface area contributed by atoms with Crippen molar-refractivity contribution in [3.05, 3.63) is 65.7 Å². The van der Waals surface area contributed by atoms with Crippen LogP contribution in [0.2, 0.25) is 0 Å². The van der Waals surface area contributed by atoms with Crippen LogP contribution in [0.15, 0.2) is 54.6 Å². The van der Waals surface area contributed by atoms with Gasteiger partial charge in [-0.15, -0.1) is 34.5 Å². The van der Waals surface area contributed by atoms with E-state index in [1.54, 1.807) is 5.56 Å². The quantitative estimate of drug-likeness (QED) is 0.372. The number of rotatable bonds is 5. The fourth-order valence-corrected chi connectivity index (χ4v) is 4.44. The molecule has 0 unspecified atom stereocenters. The second-order valence-electron chi connectivity index (χ2n) is 7.73. The van der Waals surface area contributed by atoms with Gasteiger partial charge in [0.05, 0.1) is 0 Å². The molecule has 1 heteroatoms. The topological polar surface area (TPSA) is 0 Å². The van der Waals surface area contributed by atoms with Gasteiger partial charge in [0.15, 0.2) is 0 Å². The van der Waals surface area contributed by atoms with Gasteiger partial charge in [0.25, 0.3) is 0 Å². The molecule has 0 atom stereocenters. The summed E-state index contributed by atoms with van der Waals surface area (Å²) in [6.07, 6.45) is 10.7. The third kappa shape index (κ3) is 4.25. The summed E-state index contributed by atoms with van der Waals surface area (Å²) in [4.78, 5) is 0. The number of hydrogen-bond acceptors (Lipinski definition) is 0. The Hall–Kier alpha value is -1.07.